The van der Waals surface area contributed by atoms with Gasteiger partial charge in [-0.05, 0) is 62.8 Å². The summed E-state index contributed by atoms with van der Waals surface area (Å²) < 4.78 is 6.10. The van der Waals surface area contributed by atoms with E-state index in [9.17, 15) is 9.59 Å². The summed E-state index contributed by atoms with van der Waals surface area (Å²) in [4.78, 5) is 24.9. The minimum absolute atomic E-state index is 0.211. The third-order valence-electron chi connectivity index (χ3n) is 6.15. The molecule has 1 saturated heterocycles. The van der Waals surface area contributed by atoms with E-state index >= 15 is 0 Å². The van der Waals surface area contributed by atoms with Gasteiger partial charge in [-0.3, -0.25) is 10.1 Å². The smallest absolute Gasteiger partial charge is 0.324 e. The maximum Gasteiger partial charge on any atom is 0.324 e. The van der Waals surface area contributed by atoms with Gasteiger partial charge in [0.2, 0.25) is 5.91 Å². The lowest BCUT2D eigenvalue weighted by Gasteiger charge is -2.29. The van der Waals surface area contributed by atoms with Crippen LogP contribution in [0.5, 0.6) is 5.75 Å². The molecule has 3 N–H and O–H groups in total. The van der Waals surface area contributed by atoms with Crippen molar-refractivity contribution in [2.75, 3.05) is 12.0 Å². The number of rotatable bonds is 8. The summed E-state index contributed by atoms with van der Waals surface area (Å²) >= 11 is 0. The number of carbonyl (C=O) groups is 2. The number of nitrogens with one attached hydrogen (secondary N) is 3. The van der Waals surface area contributed by atoms with Crippen LogP contribution in [0.2, 0.25) is 0 Å². The monoisotopic (exact) mass is 436 g/mol. The molecule has 0 spiro atoms. The SMILES string of the molecule is CC(C)(NNc1cccc(OC2CCCC2)c1)c1ccc(CN2CCC(=O)NC2=O)cc1. The normalized spacial score (nSPS) is 17.4. The molecule has 2 fully saturated rings. The van der Waals surface area contributed by atoms with Crippen molar-refractivity contribution >= 4 is 17.6 Å². The van der Waals surface area contributed by atoms with Crippen LogP contribution < -0.4 is 20.9 Å². The molecular formula is C25H32N4O3. The zero-order valence-corrected chi connectivity index (χ0v) is 18.8. The highest BCUT2D eigenvalue weighted by Gasteiger charge is 2.24. The summed E-state index contributed by atoms with van der Waals surface area (Å²) in [6, 6.07) is 15.9. The van der Waals surface area contributed by atoms with E-state index in [-0.39, 0.29) is 17.5 Å². The first kappa shape index (κ1) is 22.1. The van der Waals surface area contributed by atoms with Crippen LogP contribution in [0.4, 0.5) is 10.5 Å². The minimum atomic E-state index is -0.324. The number of hydrogen-bond acceptors (Lipinski definition) is 5. The maximum atomic E-state index is 11.9. The molecule has 0 atom stereocenters. The zero-order chi connectivity index (χ0) is 22.6. The lowest BCUT2D eigenvalue weighted by atomic mass is 9.94. The van der Waals surface area contributed by atoms with E-state index < -0.39 is 0 Å². The number of amides is 3. The Morgan fingerprint density at radius 1 is 1.09 bits per heavy atom. The fourth-order valence-corrected chi connectivity index (χ4v) is 4.14. The molecule has 2 aromatic rings. The second-order valence-corrected chi connectivity index (χ2v) is 9.15. The zero-order valence-electron chi connectivity index (χ0n) is 18.8. The van der Waals surface area contributed by atoms with E-state index in [1.54, 1.807) is 4.90 Å². The predicted molar refractivity (Wildman–Crippen MR) is 124 cm³/mol. The topological polar surface area (TPSA) is 82.7 Å². The molecule has 0 aromatic heterocycles. The summed E-state index contributed by atoms with van der Waals surface area (Å²) in [7, 11) is 0. The van der Waals surface area contributed by atoms with Gasteiger partial charge < -0.3 is 15.1 Å². The Balaban J connectivity index is 1.33. The van der Waals surface area contributed by atoms with Gasteiger partial charge in [0.05, 0.1) is 17.3 Å². The predicted octanol–water partition coefficient (Wildman–Crippen LogP) is 4.30. The average molecular weight is 437 g/mol. The van der Waals surface area contributed by atoms with Crippen molar-refractivity contribution in [2.24, 2.45) is 0 Å². The Morgan fingerprint density at radius 2 is 1.84 bits per heavy atom. The Morgan fingerprint density at radius 3 is 2.56 bits per heavy atom. The van der Waals surface area contributed by atoms with Crippen LogP contribution in [0, 0.1) is 0 Å². The first-order valence-corrected chi connectivity index (χ1v) is 11.4. The van der Waals surface area contributed by atoms with Crippen LogP contribution in [-0.4, -0.2) is 29.5 Å². The molecule has 0 radical (unpaired) electrons. The quantitative estimate of drug-likeness (QED) is 0.538. The van der Waals surface area contributed by atoms with Crippen LogP contribution in [-0.2, 0) is 16.9 Å². The van der Waals surface area contributed by atoms with Crippen molar-refractivity contribution in [3.05, 3.63) is 59.7 Å². The third kappa shape index (κ3) is 5.59. The highest BCUT2D eigenvalue weighted by Crippen LogP contribution is 2.26. The van der Waals surface area contributed by atoms with Crippen molar-refractivity contribution in [2.45, 2.75) is 64.1 Å². The number of urea groups is 1. The molecule has 0 bridgehead atoms. The van der Waals surface area contributed by atoms with Crippen molar-refractivity contribution in [3.63, 3.8) is 0 Å². The van der Waals surface area contributed by atoms with Crippen LogP contribution in [0.15, 0.2) is 48.5 Å². The summed E-state index contributed by atoms with van der Waals surface area (Å²) in [6.07, 6.45) is 5.47. The molecule has 2 aromatic carbocycles. The molecule has 7 heteroatoms. The van der Waals surface area contributed by atoms with Gasteiger partial charge >= 0.3 is 6.03 Å². The second-order valence-electron chi connectivity index (χ2n) is 9.15. The molecular weight excluding hydrogens is 404 g/mol. The van der Waals surface area contributed by atoms with Gasteiger partial charge in [0.25, 0.3) is 0 Å². The van der Waals surface area contributed by atoms with Crippen molar-refractivity contribution < 1.29 is 14.3 Å². The molecule has 1 heterocycles. The Kier molecular flexibility index (Phi) is 6.65. The van der Waals surface area contributed by atoms with Crippen LogP contribution >= 0.6 is 0 Å². The largest absolute Gasteiger partial charge is 0.490 e. The molecule has 7 nitrogen and oxygen atoms in total. The number of ether oxygens (including phenoxy) is 1. The summed E-state index contributed by atoms with van der Waals surface area (Å²) in [6.45, 7) is 5.15. The van der Waals surface area contributed by atoms with E-state index in [1.807, 2.05) is 36.4 Å². The molecule has 1 aliphatic carbocycles. The molecule has 32 heavy (non-hydrogen) atoms. The standard InChI is InChI=1S/C25H32N4O3/c1-25(2,28-27-20-6-5-9-22(16-20)32-21-7-3-4-8-21)19-12-10-18(11-13-19)17-29-15-14-23(30)26-24(29)31/h5-6,9-13,16,21,27-28H,3-4,7-8,14-15,17H2,1-2H3,(H,26,30,31). The van der Waals surface area contributed by atoms with Gasteiger partial charge in [-0.25, -0.2) is 10.2 Å². The van der Waals surface area contributed by atoms with Crippen LogP contribution in [0.1, 0.15) is 57.1 Å². The van der Waals surface area contributed by atoms with Gasteiger partial charge in [0.1, 0.15) is 5.75 Å². The van der Waals surface area contributed by atoms with Gasteiger partial charge in [0.15, 0.2) is 0 Å². The van der Waals surface area contributed by atoms with E-state index in [4.69, 9.17) is 4.74 Å². The van der Waals surface area contributed by atoms with Gasteiger partial charge in [-0.2, -0.15) is 0 Å². The maximum absolute atomic E-state index is 11.9. The van der Waals surface area contributed by atoms with E-state index in [0.29, 0.717) is 25.6 Å². The summed E-state index contributed by atoms with van der Waals surface area (Å²) in [5.74, 6) is 0.687. The van der Waals surface area contributed by atoms with Gasteiger partial charge in [-0.15, -0.1) is 0 Å². The van der Waals surface area contributed by atoms with Crippen LogP contribution in [0.25, 0.3) is 0 Å². The fraction of sp³-hybridized carbons (Fsp3) is 0.440. The molecule has 1 saturated carbocycles. The Bertz CT molecular complexity index is 952. The number of hydrazine groups is 1. The number of anilines is 1. The first-order valence-electron chi connectivity index (χ1n) is 11.4. The van der Waals surface area contributed by atoms with Gasteiger partial charge in [0, 0.05) is 25.6 Å². The fourth-order valence-electron chi connectivity index (χ4n) is 4.14. The van der Waals surface area contributed by atoms with E-state index in [0.717, 1.165) is 35.4 Å². The number of benzene rings is 2. The number of carbonyl (C=O) groups excluding carboxylic acids is 2. The Labute approximate surface area is 189 Å². The molecule has 1 aliphatic heterocycles. The van der Waals surface area contributed by atoms with Crippen molar-refractivity contribution in [3.8, 4) is 5.75 Å². The lowest BCUT2D eigenvalue weighted by Crippen LogP contribution is -2.48. The molecule has 170 valence electrons. The summed E-state index contributed by atoms with van der Waals surface area (Å²) in [5.41, 5.74) is 9.50. The lowest BCUT2D eigenvalue weighted by molar-refractivity contribution is -0.121. The minimum Gasteiger partial charge on any atom is -0.490 e. The first-order chi connectivity index (χ1) is 15.4. The second kappa shape index (κ2) is 9.61. The Hall–Kier alpha value is -3.06. The van der Waals surface area contributed by atoms with Crippen molar-refractivity contribution in [1.82, 2.24) is 15.6 Å². The van der Waals surface area contributed by atoms with Crippen molar-refractivity contribution in [1.29, 1.82) is 0 Å². The van der Waals surface area contributed by atoms with E-state index in [1.165, 1.54) is 12.8 Å². The molecule has 4 rings (SSSR count). The molecule has 2 aliphatic rings. The third-order valence-corrected chi connectivity index (χ3v) is 6.15. The molecule has 3 amide bonds. The van der Waals surface area contributed by atoms with Crippen LogP contribution in [0.3, 0.4) is 0 Å². The van der Waals surface area contributed by atoms with E-state index in [2.05, 4.69) is 42.1 Å². The van der Waals surface area contributed by atoms with Gasteiger partial charge in [-0.1, -0.05) is 30.3 Å². The summed E-state index contributed by atoms with van der Waals surface area (Å²) in [5, 5.41) is 2.36. The number of nitrogens with zero attached hydrogens (tertiary/aromatic N) is 1. The highest BCUT2D eigenvalue weighted by atomic mass is 16.5. The highest BCUT2D eigenvalue weighted by molar-refractivity contribution is 5.96. The number of hydrogen-bond donors (Lipinski definition) is 3. The average Bonchev–Trinajstić information content (AvgIpc) is 3.28. The number of imide groups is 1. The molecule has 0 unspecified atom stereocenters.